The lowest BCUT2D eigenvalue weighted by atomic mass is 10.3. The van der Waals surface area contributed by atoms with Crippen molar-refractivity contribution in [1.82, 2.24) is 0 Å². The van der Waals surface area contributed by atoms with Gasteiger partial charge in [0.2, 0.25) is 0 Å². The number of rotatable bonds is 19. The van der Waals surface area contributed by atoms with Crippen molar-refractivity contribution < 1.29 is 37.9 Å². The van der Waals surface area contributed by atoms with E-state index in [-0.39, 0.29) is 43.2 Å². The number of furan rings is 1. The molecule has 0 spiro atoms. The average Bonchev–Trinajstić information content (AvgIpc) is 3.29. The molecular weight excluding hydrogens is 404 g/mol. The Kier molecular flexibility index (Phi) is 15.0. The van der Waals surface area contributed by atoms with Crippen molar-refractivity contribution >= 4 is 0 Å². The fraction of sp³-hybridized carbons (Fsp3) is 0.826. The molecule has 8 nitrogen and oxygen atoms in total. The first-order valence-corrected chi connectivity index (χ1v) is 11.1. The summed E-state index contributed by atoms with van der Waals surface area (Å²) < 4.78 is 39.5. The molecule has 6 atom stereocenters. The van der Waals surface area contributed by atoms with Crippen molar-refractivity contribution in [2.75, 3.05) is 39.6 Å². The molecule has 0 aliphatic carbocycles. The number of aliphatic hydroxyl groups excluding tert-OH is 1. The van der Waals surface area contributed by atoms with Crippen molar-refractivity contribution in [3.8, 4) is 0 Å². The van der Waals surface area contributed by atoms with Crippen LogP contribution < -0.4 is 0 Å². The smallest absolute Gasteiger partial charge is 0.129 e. The van der Waals surface area contributed by atoms with Crippen molar-refractivity contribution in [3.05, 3.63) is 24.2 Å². The number of hydrogen-bond acceptors (Lipinski definition) is 8. The van der Waals surface area contributed by atoms with E-state index in [0.29, 0.717) is 39.6 Å². The Morgan fingerprint density at radius 2 is 1.03 bits per heavy atom. The molecule has 6 unspecified atom stereocenters. The van der Waals surface area contributed by atoms with Gasteiger partial charge in [-0.15, -0.1) is 0 Å². The number of ether oxygens (including phenoxy) is 6. The van der Waals surface area contributed by atoms with Gasteiger partial charge in [0, 0.05) is 0 Å². The topological polar surface area (TPSA) is 88.8 Å². The van der Waals surface area contributed by atoms with Gasteiger partial charge >= 0.3 is 0 Å². The van der Waals surface area contributed by atoms with E-state index in [1.807, 2.05) is 53.7 Å². The summed E-state index contributed by atoms with van der Waals surface area (Å²) >= 11 is 0. The van der Waals surface area contributed by atoms with Gasteiger partial charge < -0.3 is 37.9 Å². The summed E-state index contributed by atoms with van der Waals surface area (Å²) in [5, 5.41) is 8.96. The van der Waals surface area contributed by atoms with Crippen LogP contribution in [0.2, 0.25) is 0 Å². The molecule has 0 radical (unpaired) electrons. The standard InChI is InChI=1S/C23H42O8/c1-17(10-24)26-11-18(2)27-12-19(3)28-13-20(4)29-14-21(5)30-15-22(6)31-16-23-8-7-9-25-23/h7-9,17-22,24H,10-16H2,1-6H3. The lowest BCUT2D eigenvalue weighted by molar-refractivity contribution is -0.104. The molecule has 31 heavy (non-hydrogen) atoms. The monoisotopic (exact) mass is 446 g/mol. The van der Waals surface area contributed by atoms with Gasteiger partial charge in [-0.1, -0.05) is 0 Å². The highest BCUT2D eigenvalue weighted by Gasteiger charge is 2.13. The van der Waals surface area contributed by atoms with Crippen LogP contribution >= 0.6 is 0 Å². The SMILES string of the molecule is CC(CO)OCC(C)OCC(C)OCC(C)OCC(C)OCC(C)OCc1ccco1. The van der Waals surface area contributed by atoms with E-state index in [1.165, 1.54) is 0 Å². The summed E-state index contributed by atoms with van der Waals surface area (Å²) in [6, 6.07) is 3.73. The van der Waals surface area contributed by atoms with Gasteiger partial charge in [-0.3, -0.25) is 0 Å². The molecule has 1 N–H and O–H groups in total. The van der Waals surface area contributed by atoms with Crippen LogP contribution in [-0.2, 0) is 35.0 Å². The maximum Gasteiger partial charge on any atom is 0.129 e. The highest BCUT2D eigenvalue weighted by atomic mass is 16.6. The molecule has 0 aliphatic rings. The van der Waals surface area contributed by atoms with Crippen molar-refractivity contribution in [2.45, 2.75) is 84.8 Å². The Hall–Kier alpha value is -1.00. The Labute approximate surface area is 187 Å². The molecule has 0 aliphatic heterocycles. The third-order valence-corrected chi connectivity index (χ3v) is 4.42. The first-order valence-electron chi connectivity index (χ1n) is 11.1. The minimum Gasteiger partial charge on any atom is -0.467 e. The summed E-state index contributed by atoms with van der Waals surface area (Å²) in [6.07, 6.45) is 1.22. The molecule has 0 aromatic carbocycles. The van der Waals surface area contributed by atoms with Gasteiger partial charge in [-0.05, 0) is 53.7 Å². The zero-order valence-corrected chi connectivity index (χ0v) is 20.0. The van der Waals surface area contributed by atoms with Crippen LogP contribution in [0.3, 0.4) is 0 Å². The quantitative estimate of drug-likeness (QED) is 0.347. The van der Waals surface area contributed by atoms with Crippen LogP contribution in [0.1, 0.15) is 47.3 Å². The van der Waals surface area contributed by atoms with E-state index in [9.17, 15) is 0 Å². The van der Waals surface area contributed by atoms with Crippen molar-refractivity contribution in [3.63, 3.8) is 0 Å². The van der Waals surface area contributed by atoms with Crippen LogP contribution in [0, 0.1) is 0 Å². The van der Waals surface area contributed by atoms with Gasteiger partial charge in [0.05, 0.1) is 82.5 Å². The summed E-state index contributed by atoms with van der Waals surface area (Å²) in [7, 11) is 0. The average molecular weight is 447 g/mol. The Bertz CT molecular complexity index is 524. The van der Waals surface area contributed by atoms with Gasteiger partial charge in [-0.2, -0.15) is 0 Å². The molecular formula is C23H42O8. The summed E-state index contributed by atoms with van der Waals surface area (Å²) in [6.45, 7) is 14.5. The van der Waals surface area contributed by atoms with Gasteiger partial charge in [0.15, 0.2) is 0 Å². The minimum atomic E-state index is -0.179. The number of aliphatic hydroxyl groups is 1. The maximum atomic E-state index is 8.96. The van der Waals surface area contributed by atoms with Crippen LogP contribution in [0.4, 0.5) is 0 Å². The molecule has 0 saturated carbocycles. The third kappa shape index (κ3) is 14.6. The molecule has 0 fully saturated rings. The normalized spacial score (nSPS) is 17.8. The molecule has 0 saturated heterocycles. The molecule has 8 heteroatoms. The highest BCUT2D eigenvalue weighted by molar-refractivity contribution is 4.96. The Morgan fingerprint density at radius 1 is 0.645 bits per heavy atom. The maximum absolute atomic E-state index is 8.96. The second kappa shape index (κ2) is 16.6. The van der Waals surface area contributed by atoms with Gasteiger partial charge in [-0.25, -0.2) is 0 Å². The van der Waals surface area contributed by atoms with Gasteiger partial charge in [0.25, 0.3) is 0 Å². The largest absolute Gasteiger partial charge is 0.467 e. The molecule has 1 heterocycles. The summed E-state index contributed by atoms with van der Waals surface area (Å²) in [4.78, 5) is 0. The first-order chi connectivity index (χ1) is 14.8. The lowest BCUT2D eigenvalue weighted by Crippen LogP contribution is -2.29. The number of hydrogen-bond donors (Lipinski definition) is 1. The summed E-state index contributed by atoms with van der Waals surface area (Å²) in [5.74, 6) is 0.802. The molecule has 0 bridgehead atoms. The molecule has 1 aromatic heterocycles. The predicted octanol–water partition coefficient (Wildman–Crippen LogP) is 3.20. The second-order valence-electron chi connectivity index (χ2n) is 8.10. The van der Waals surface area contributed by atoms with Crippen LogP contribution in [0.15, 0.2) is 22.8 Å². The minimum absolute atomic E-state index is 0.00632. The fourth-order valence-electron chi connectivity index (χ4n) is 2.41. The molecule has 1 rings (SSSR count). The van der Waals surface area contributed by atoms with E-state index in [4.69, 9.17) is 37.9 Å². The molecule has 0 amide bonds. The summed E-state index contributed by atoms with van der Waals surface area (Å²) in [5.41, 5.74) is 0. The zero-order chi connectivity index (χ0) is 23.1. The van der Waals surface area contributed by atoms with E-state index >= 15 is 0 Å². The lowest BCUT2D eigenvalue weighted by Gasteiger charge is -2.22. The van der Waals surface area contributed by atoms with Crippen LogP contribution in [0.5, 0.6) is 0 Å². The van der Waals surface area contributed by atoms with Crippen LogP contribution in [0.25, 0.3) is 0 Å². The van der Waals surface area contributed by atoms with Crippen molar-refractivity contribution in [1.29, 1.82) is 0 Å². The highest BCUT2D eigenvalue weighted by Crippen LogP contribution is 2.06. The Morgan fingerprint density at radius 3 is 1.39 bits per heavy atom. The Balaban J connectivity index is 2.04. The van der Waals surface area contributed by atoms with E-state index < -0.39 is 0 Å². The van der Waals surface area contributed by atoms with Gasteiger partial charge in [0.1, 0.15) is 12.4 Å². The third-order valence-electron chi connectivity index (χ3n) is 4.42. The second-order valence-corrected chi connectivity index (χ2v) is 8.10. The molecule has 1 aromatic rings. The zero-order valence-electron chi connectivity index (χ0n) is 20.0. The van der Waals surface area contributed by atoms with E-state index in [1.54, 1.807) is 6.26 Å². The van der Waals surface area contributed by atoms with E-state index in [2.05, 4.69) is 0 Å². The van der Waals surface area contributed by atoms with E-state index in [0.717, 1.165) is 5.76 Å². The first kappa shape index (κ1) is 28.0. The van der Waals surface area contributed by atoms with Crippen molar-refractivity contribution in [2.24, 2.45) is 0 Å². The van der Waals surface area contributed by atoms with Crippen LogP contribution in [-0.4, -0.2) is 81.4 Å². The predicted molar refractivity (Wildman–Crippen MR) is 117 cm³/mol. The fourth-order valence-corrected chi connectivity index (χ4v) is 2.41. The molecule has 182 valence electrons.